The number of hydrogen-bond acceptors (Lipinski definition) is 5. The first-order valence-electron chi connectivity index (χ1n) is 11.3. The highest BCUT2D eigenvalue weighted by atomic mass is 32.1. The number of anilines is 1. The number of benzene rings is 2. The SMILES string of the molecule is CCc1cccc(C)c1NC(=O)Cc1csc(-c2ccc(CN3CCN(C)CC3)cc2)n1. The maximum atomic E-state index is 12.6. The van der Waals surface area contributed by atoms with Gasteiger partial charge in [0.15, 0.2) is 0 Å². The molecular formula is C26H32N4OS. The Morgan fingerprint density at radius 2 is 1.84 bits per heavy atom. The summed E-state index contributed by atoms with van der Waals surface area (Å²) >= 11 is 1.60. The molecule has 2 aromatic carbocycles. The molecule has 1 aliphatic heterocycles. The minimum Gasteiger partial charge on any atom is -0.325 e. The van der Waals surface area contributed by atoms with Crippen LogP contribution in [-0.4, -0.2) is 53.9 Å². The number of amides is 1. The van der Waals surface area contributed by atoms with Gasteiger partial charge in [-0.1, -0.05) is 49.4 Å². The van der Waals surface area contributed by atoms with E-state index in [1.807, 2.05) is 24.4 Å². The van der Waals surface area contributed by atoms with Gasteiger partial charge in [0, 0.05) is 49.4 Å². The Morgan fingerprint density at radius 3 is 2.56 bits per heavy atom. The van der Waals surface area contributed by atoms with Crippen molar-refractivity contribution in [3.63, 3.8) is 0 Å². The van der Waals surface area contributed by atoms with Crippen molar-refractivity contribution in [2.24, 2.45) is 0 Å². The Morgan fingerprint density at radius 1 is 1.09 bits per heavy atom. The largest absolute Gasteiger partial charge is 0.325 e. The van der Waals surface area contributed by atoms with Crippen LogP contribution in [0.25, 0.3) is 10.6 Å². The number of thiazole rings is 1. The first-order chi connectivity index (χ1) is 15.5. The molecule has 0 unspecified atom stereocenters. The average molecular weight is 449 g/mol. The molecule has 1 aromatic heterocycles. The number of rotatable bonds is 7. The van der Waals surface area contributed by atoms with Crippen molar-refractivity contribution >= 4 is 22.9 Å². The zero-order chi connectivity index (χ0) is 22.5. The zero-order valence-electron chi connectivity index (χ0n) is 19.2. The smallest absolute Gasteiger partial charge is 0.230 e. The topological polar surface area (TPSA) is 48.5 Å². The van der Waals surface area contributed by atoms with E-state index in [-0.39, 0.29) is 12.3 Å². The fraction of sp³-hybridized carbons (Fsp3) is 0.385. The number of hydrogen-bond donors (Lipinski definition) is 1. The fourth-order valence-corrected chi connectivity index (χ4v) is 4.91. The van der Waals surface area contributed by atoms with Crippen molar-refractivity contribution in [1.82, 2.24) is 14.8 Å². The predicted molar refractivity (Wildman–Crippen MR) is 133 cm³/mol. The Balaban J connectivity index is 1.36. The van der Waals surface area contributed by atoms with E-state index in [1.165, 1.54) is 5.56 Å². The molecule has 0 aliphatic carbocycles. The van der Waals surface area contributed by atoms with Gasteiger partial charge in [0.25, 0.3) is 0 Å². The summed E-state index contributed by atoms with van der Waals surface area (Å²) in [6.45, 7) is 9.65. The number of nitrogens with one attached hydrogen (secondary N) is 1. The van der Waals surface area contributed by atoms with E-state index >= 15 is 0 Å². The third-order valence-electron chi connectivity index (χ3n) is 6.10. The van der Waals surface area contributed by atoms with Gasteiger partial charge in [0.05, 0.1) is 12.1 Å². The molecule has 0 spiro atoms. The maximum absolute atomic E-state index is 12.6. The molecule has 0 atom stereocenters. The van der Waals surface area contributed by atoms with Crippen LogP contribution in [0.15, 0.2) is 47.8 Å². The van der Waals surface area contributed by atoms with Gasteiger partial charge in [0.1, 0.15) is 5.01 Å². The minimum atomic E-state index is -0.0200. The molecule has 4 rings (SSSR count). The highest BCUT2D eigenvalue weighted by molar-refractivity contribution is 7.13. The molecule has 0 bridgehead atoms. The lowest BCUT2D eigenvalue weighted by Gasteiger charge is -2.32. The van der Waals surface area contributed by atoms with E-state index < -0.39 is 0 Å². The second-order valence-corrected chi connectivity index (χ2v) is 9.47. The normalized spacial score (nSPS) is 15.1. The number of nitrogens with zero attached hydrogens (tertiary/aromatic N) is 3. The summed E-state index contributed by atoms with van der Waals surface area (Å²) in [7, 11) is 2.18. The monoisotopic (exact) mass is 448 g/mol. The van der Waals surface area contributed by atoms with E-state index in [1.54, 1.807) is 11.3 Å². The summed E-state index contributed by atoms with van der Waals surface area (Å²) in [6, 6.07) is 14.8. The van der Waals surface area contributed by atoms with E-state index in [2.05, 4.69) is 59.4 Å². The molecule has 5 nitrogen and oxygen atoms in total. The summed E-state index contributed by atoms with van der Waals surface area (Å²) < 4.78 is 0. The molecule has 1 aliphatic rings. The number of likely N-dealkylation sites (N-methyl/N-ethyl adjacent to an activating group) is 1. The fourth-order valence-electron chi connectivity index (χ4n) is 4.09. The number of piperazine rings is 1. The van der Waals surface area contributed by atoms with Crippen LogP contribution in [0.1, 0.15) is 29.3 Å². The predicted octanol–water partition coefficient (Wildman–Crippen LogP) is 4.61. The Labute approximate surface area is 195 Å². The van der Waals surface area contributed by atoms with Crippen LogP contribution in [0.5, 0.6) is 0 Å². The average Bonchev–Trinajstić information content (AvgIpc) is 3.25. The van der Waals surface area contributed by atoms with Crippen molar-refractivity contribution in [2.75, 3.05) is 38.5 Å². The van der Waals surface area contributed by atoms with E-state index in [0.29, 0.717) is 0 Å². The lowest BCUT2D eigenvalue weighted by Crippen LogP contribution is -2.43. The van der Waals surface area contributed by atoms with Gasteiger partial charge in [-0.25, -0.2) is 4.98 Å². The standard InChI is InChI=1S/C26H32N4OS/c1-4-21-7-5-6-19(2)25(21)28-24(31)16-23-18-32-26(27-23)22-10-8-20(9-11-22)17-30-14-12-29(3)13-15-30/h5-11,18H,4,12-17H2,1-3H3,(H,28,31). The van der Waals surface area contributed by atoms with Crippen molar-refractivity contribution in [2.45, 2.75) is 33.2 Å². The van der Waals surface area contributed by atoms with Crippen LogP contribution in [0.4, 0.5) is 5.69 Å². The second-order valence-electron chi connectivity index (χ2n) is 8.61. The third-order valence-corrected chi connectivity index (χ3v) is 7.04. The maximum Gasteiger partial charge on any atom is 0.230 e. The molecule has 6 heteroatoms. The Kier molecular flexibility index (Phi) is 7.35. The number of carbonyl (C=O) groups is 1. The van der Waals surface area contributed by atoms with Crippen molar-refractivity contribution in [3.05, 3.63) is 70.2 Å². The first kappa shape index (κ1) is 22.6. The van der Waals surface area contributed by atoms with Gasteiger partial charge in [0.2, 0.25) is 5.91 Å². The second kappa shape index (κ2) is 10.4. The van der Waals surface area contributed by atoms with Gasteiger partial charge >= 0.3 is 0 Å². The van der Waals surface area contributed by atoms with Crippen molar-refractivity contribution in [3.8, 4) is 10.6 Å². The van der Waals surface area contributed by atoms with Gasteiger partial charge in [-0.2, -0.15) is 0 Å². The molecule has 1 fully saturated rings. The first-order valence-corrected chi connectivity index (χ1v) is 12.2. The van der Waals surface area contributed by atoms with Crippen LogP contribution in [0.3, 0.4) is 0 Å². The molecule has 32 heavy (non-hydrogen) atoms. The van der Waals surface area contributed by atoms with Gasteiger partial charge in [-0.15, -0.1) is 11.3 Å². The number of aryl methyl sites for hydroxylation is 2. The molecule has 2 heterocycles. The molecule has 168 valence electrons. The van der Waals surface area contributed by atoms with Crippen LogP contribution in [0.2, 0.25) is 0 Å². The highest BCUT2D eigenvalue weighted by Gasteiger charge is 2.15. The van der Waals surface area contributed by atoms with Crippen LogP contribution in [0, 0.1) is 6.92 Å². The molecule has 1 saturated heterocycles. The van der Waals surface area contributed by atoms with Crippen molar-refractivity contribution < 1.29 is 4.79 Å². The summed E-state index contributed by atoms with van der Waals surface area (Å²) in [4.78, 5) is 22.3. The van der Waals surface area contributed by atoms with Gasteiger partial charge in [-0.05, 0) is 37.1 Å². The van der Waals surface area contributed by atoms with Crippen molar-refractivity contribution in [1.29, 1.82) is 0 Å². The summed E-state index contributed by atoms with van der Waals surface area (Å²) in [6.07, 6.45) is 1.18. The Bertz CT molecular complexity index is 1050. The third kappa shape index (κ3) is 5.63. The minimum absolute atomic E-state index is 0.0200. The zero-order valence-corrected chi connectivity index (χ0v) is 20.0. The lowest BCUT2D eigenvalue weighted by molar-refractivity contribution is -0.115. The molecular weight excluding hydrogens is 416 g/mol. The Hall–Kier alpha value is -2.54. The van der Waals surface area contributed by atoms with Gasteiger partial charge < -0.3 is 10.2 Å². The quantitative estimate of drug-likeness (QED) is 0.573. The molecule has 3 aromatic rings. The lowest BCUT2D eigenvalue weighted by atomic mass is 10.1. The number of carbonyl (C=O) groups excluding carboxylic acids is 1. The van der Waals surface area contributed by atoms with E-state index in [4.69, 9.17) is 4.98 Å². The van der Waals surface area contributed by atoms with Gasteiger partial charge in [-0.3, -0.25) is 9.69 Å². The molecule has 1 amide bonds. The van der Waals surface area contributed by atoms with E-state index in [0.717, 1.165) is 72.2 Å². The molecule has 1 N–H and O–H groups in total. The van der Waals surface area contributed by atoms with Crippen LogP contribution >= 0.6 is 11.3 Å². The van der Waals surface area contributed by atoms with Crippen LogP contribution < -0.4 is 5.32 Å². The molecule has 0 radical (unpaired) electrons. The summed E-state index contributed by atoms with van der Waals surface area (Å²) in [5.41, 5.74) is 6.44. The number of aromatic nitrogens is 1. The number of para-hydroxylation sites is 1. The van der Waals surface area contributed by atoms with E-state index in [9.17, 15) is 4.79 Å². The summed E-state index contributed by atoms with van der Waals surface area (Å²) in [5.74, 6) is -0.0200. The highest BCUT2D eigenvalue weighted by Crippen LogP contribution is 2.26. The summed E-state index contributed by atoms with van der Waals surface area (Å²) in [5, 5.41) is 6.05. The molecule has 0 saturated carbocycles. The van der Waals surface area contributed by atoms with Crippen LogP contribution in [-0.2, 0) is 24.2 Å².